The summed E-state index contributed by atoms with van der Waals surface area (Å²) in [5.74, 6) is 0.895. The van der Waals surface area contributed by atoms with E-state index in [0.29, 0.717) is 6.61 Å². The first-order chi connectivity index (χ1) is 9.24. The average Bonchev–Trinajstić information content (AvgIpc) is 2.45. The minimum absolute atomic E-state index is 0.602. The molecule has 0 heterocycles. The lowest BCUT2D eigenvalue weighted by Crippen LogP contribution is -2.08. The Morgan fingerprint density at radius 1 is 0.947 bits per heavy atom. The minimum atomic E-state index is 0.602. The number of hydrogen-bond donors (Lipinski definition) is 0. The number of ether oxygens (including phenoxy) is 1. The highest BCUT2D eigenvalue weighted by atomic mass is 35.5. The van der Waals surface area contributed by atoms with Crippen LogP contribution in [0, 0.1) is 0 Å². The molecule has 0 atom stereocenters. The van der Waals surface area contributed by atoms with Crippen molar-refractivity contribution >= 4 is 11.8 Å². The number of hydrogen-bond acceptors (Lipinski definition) is 2. The van der Waals surface area contributed by atoms with E-state index in [9.17, 15) is 0 Å². The topological polar surface area (TPSA) is 12.5 Å². The minimum Gasteiger partial charge on any atom is -0.489 e. The molecule has 0 saturated carbocycles. The molecule has 0 aliphatic carbocycles. The van der Waals surface area contributed by atoms with Gasteiger partial charge in [0.25, 0.3) is 0 Å². The van der Waals surface area contributed by atoms with E-state index in [1.165, 1.54) is 11.1 Å². The molecule has 0 aromatic heterocycles. The summed E-state index contributed by atoms with van der Waals surface area (Å²) in [6.45, 7) is 1.44. The van der Waals surface area contributed by atoms with Crippen LogP contribution in [0.4, 0.5) is 0 Å². The van der Waals surface area contributed by atoms with Crippen molar-refractivity contribution in [1.29, 1.82) is 0 Å². The van der Waals surface area contributed by atoms with Crippen LogP contribution < -0.4 is 4.74 Å². The van der Waals surface area contributed by atoms with Gasteiger partial charge in [-0.15, -0.1) is 0 Å². The third-order valence-electron chi connectivity index (χ3n) is 2.88. The Bertz CT molecular complexity index is 482. The van der Waals surface area contributed by atoms with Crippen molar-refractivity contribution in [2.24, 2.45) is 0 Å². The van der Waals surface area contributed by atoms with E-state index >= 15 is 0 Å². The maximum atomic E-state index is 5.79. The fraction of sp³-hybridized carbons (Fsp3) is 0.250. The first kappa shape index (κ1) is 13.9. The zero-order valence-electron chi connectivity index (χ0n) is 11.1. The Balaban J connectivity index is 1.85. The van der Waals surface area contributed by atoms with Crippen LogP contribution in [0.3, 0.4) is 0 Å². The standard InChI is InChI=1S/C16H18ClNO/c1-18(17)12-11-14-7-9-16(10-8-14)19-13-15-5-3-2-4-6-15/h2-10H,11-13H2,1H3. The molecular weight excluding hydrogens is 258 g/mol. The third-order valence-corrected chi connectivity index (χ3v) is 3.05. The molecule has 0 N–H and O–H groups in total. The van der Waals surface area contributed by atoms with Crippen molar-refractivity contribution in [3.8, 4) is 5.75 Å². The van der Waals surface area contributed by atoms with Gasteiger partial charge in [-0.2, -0.15) is 0 Å². The van der Waals surface area contributed by atoms with Crippen LogP contribution in [0.1, 0.15) is 11.1 Å². The summed E-state index contributed by atoms with van der Waals surface area (Å²) in [5, 5.41) is 0. The molecule has 0 amide bonds. The van der Waals surface area contributed by atoms with Crippen LogP contribution in [0.2, 0.25) is 0 Å². The van der Waals surface area contributed by atoms with Crippen molar-refractivity contribution in [3.05, 3.63) is 65.7 Å². The van der Waals surface area contributed by atoms with Crippen molar-refractivity contribution < 1.29 is 4.74 Å². The van der Waals surface area contributed by atoms with Gasteiger partial charge in [-0.05, 0) is 41.5 Å². The molecule has 2 aromatic carbocycles. The van der Waals surface area contributed by atoms with Gasteiger partial charge in [0.2, 0.25) is 0 Å². The number of likely N-dealkylation sites (N-methyl/N-ethyl adjacent to an activating group) is 1. The van der Waals surface area contributed by atoms with E-state index in [0.717, 1.165) is 18.7 Å². The second kappa shape index (κ2) is 7.17. The molecule has 0 spiro atoms. The average molecular weight is 276 g/mol. The summed E-state index contributed by atoms with van der Waals surface area (Å²) in [5.41, 5.74) is 2.44. The molecule has 3 heteroatoms. The Kier molecular flexibility index (Phi) is 5.25. The lowest BCUT2D eigenvalue weighted by Gasteiger charge is -2.09. The number of halogens is 1. The summed E-state index contributed by atoms with van der Waals surface area (Å²) in [6.07, 6.45) is 0.943. The first-order valence-electron chi connectivity index (χ1n) is 6.36. The van der Waals surface area contributed by atoms with Gasteiger partial charge in [0.05, 0.1) is 0 Å². The fourth-order valence-corrected chi connectivity index (χ4v) is 1.86. The first-order valence-corrected chi connectivity index (χ1v) is 6.70. The monoisotopic (exact) mass is 275 g/mol. The van der Waals surface area contributed by atoms with Gasteiger partial charge < -0.3 is 4.74 Å². The molecule has 0 fully saturated rings. The van der Waals surface area contributed by atoms with Crippen LogP contribution >= 0.6 is 11.8 Å². The van der Waals surface area contributed by atoms with Gasteiger partial charge in [0.15, 0.2) is 0 Å². The zero-order chi connectivity index (χ0) is 13.5. The highest BCUT2D eigenvalue weighted by molar-refractivity contribution is 6.13. The molecule has 0 aliphatic rings. The second-order valence-electron chi connectivity index (χ2n) is 4.50. The highest BCUT2D eigenvalue weighted by Gasteiger charge is 1.98. The van der Waals surface area contributed by atoms with Crippen molar-refractivity contribution in [1.82, 2.24) is 4.42 Å². The van der Waals surface area contributed by atoms with Gasteiger partial charge in [0, 0.05) is 13.6 Å². The number of benzene rings is 2. The molecule has 100 valence electrons. The van der Waals surface area contributed by atoms with Crippen molar-refractivity contribution in [2.45, 2.75) is 13.0 Å². The molecular formula is C16H18ClNO. The van der Waals surface area contributed by atoms with Crippen molar-refractivity contribution in [3.63, 3.8) is 0 Å². The second-order valence-corrected chi connectivity index (χ2v) is 5.07. The molecule has 0 unspecified atom stereocenters. The molecule has 2 nitrogen and oxygen atoms in total. The van der Waals surface area contributed by atoms with Gasteiger partial charge in [-0.1, -0.05) is 42.5 Å². The van der Waals surface area contributed by atoms with Gasteiger partial charge in [-0.25, -0.2) is 4.42 Å². The molecule has 0 bridgehead atoms. The maximum absolute atomic E-state index is 5.79. The summed E-state index contributed by atoms with van der Waals surface area (Å²) in [6, 6.07) is 18.3. The number of nitrogens with zero attached hydrogens (tertiary/aromatic N) is 1. The van der Waals surface area contributed by atoms with Crippen LogP contribution in [0.5, 0.6) is 5.75 Å². The smallest absolute Gasteiger partial charge is 0.119 e. The van der Waals surface area contributed by atoms with Crippen LogP contribution in [-0.2, 0) is 13.0 Å². The normalized spacial score (nSPS) is 10.7. The Hall–Kier alpha value is -1.51. The lowest BCUT2D eigenvalue weighted by molar-refractivity contribution is 0.306. The van der Waals surface area contributed by atoms with Crippen LogP contribution in [-0.4, -0.2) is 18.0 Å². The van der Waals surface area contributed by atoms with E-state index in [4.69, 9.17) is 16.5 Å². The van der Waals surface area contributed by atoms with E-state index < -0.39 is 0 Å². The number of rotatable bonds is 6. The summed E-state index contributed by atoms with van der Waals surface area (Å²) in [7, 11) is 1.86. The SMILES string of the molecule is CN(Cl)CCc1ccc(OCc2ccccc2)cc1. The van der Waals surface area contributed by atoms with E-state index in [1.54, 1.807) is 4.42 Å². The quantitative estimate of drug-likeness (QED) is 0.742. The fourth-order valence-electron chi connectivity index (χ4n) is 1.78. The maximum Gasteiger partial charge on any atom is 0.119 e. The summed E-state index contributed by atoms with van der Waals surface area (Å²) >= 11 is 5.79. The van der Waals surface area contributed by atoms with E-state index in [-0.39, 0.29) is 0 Å². The zero-order valence-corrected chi connectivity index (χ0v) is 11.8. The Morgan fingerprint density at radius 2 is 1.63 bits per heavy atom. The van der Waals surface area contributed by atoms with Crippen LogP contribution in [0.25, 0.3) is 0 Å². The predicted molar refractivity (Wildman–Crippen MR) is 79.4 cm³/mol. The highest BCUT2D eigenvalue weighted by Crippen LogP contribution is 2.14. The van der Waals surface area contributed by atoms with Gasteiger partial charge >= 0.3 is 0 Å². The third kappa shape index (κ3) is 4.93. The molecule has 2 aromatic rings. The van der Waals surface area contributed by atoms with E-state index in [2.05, 4.69) is 24.3 Å². The van der Waals surface area contributed by atoms with Gasteiger partial charge in [-0.3, -0.25) is 0 Å². The Morgan fingerprint density at radius 3 is 2.26 bits per heavy atom. The largest absolute Gasteiger partial charge is 0.489 e. The summed E-state index contributed by atoms with van der Waals surface area (Å²) in [4.78, 5) is 0. The van der Waals surface area contributed by atoms with Crippen LogP contribution in [0.15, 0.2) is 54.6 Å². The van der Waals surface area contributed by atoms with Crippen molar-refractivity contribution in [2.75, 3.05) is 13.6 Å². The van der Waals surface area contributed by atoms with Gasteiger partial charge in [0.1, 0.15) is 12.4 Å². The molecule has 0 aliphatic heterocycles. The summed E-state index contributed by atoms with van der Waals surface area (Å²) < 4.78 is 7.40. The molecule has 19 heavy (non-hydrogen) atoms. The molecule has 0 saturated heterocycles. The van der Waals surface area contributed by atoms with E-state index in [1.807, 2.05) is 37.4 Å². The predicted octanol–water partition coefficient (Wildman–Crippen LogP) is 3.89. The molecule has 0 radical (unpaired) electrons. The lowest BCUT2D eigenvalue weighted by atomic mass is 10.1. The molecule has 2 rings (SSSR count). The Labute approximate surface area is 119 Å².